The Hall–Kier alpha value is -1.01. The van der Waals surface area contributed by atoms with E-state index in [9.17, 15) is 9.59 Å². The van der Waals surface area contributed by atoms with Crippen LogP contribution in [0, 0.1) is 5.92 Å². The van der Waals surface area contributed by atoms with Gasteiger partial charge in [-0.15, -0.1) is 12.4 Å². The van der Waals surface area contributed by atoms with E-state index in [1.54, 1.807) is 23.1 Å². The van der Waals surface area contributed by atoms with Gasteiger partial charge in [-0.05, 0) is 31.4 Å². The molecule has 1 saturated carbocycles. The smallest absolute Gasteiger partial charge is 0.257 e. The fourth-order valence-corrected chi connectivity index (χ4v) is 4.05. The molecule has 3 rings (SSSR count). The van der Waals surface area contributed by atoms with Crippen molar-refractivity contribution < 1.29 is 9.59 Å². The summed E-state index contributed by atoms with van der Waals surface area (Å²) in [5, 5.41) is 0.705. The Balaban J connectivity index is 0.00000225. The van der Waals surface area contributed by atoms with Crippen LogP contribution in [0.2, 0.25) is 10.0 Å². The Bertz CT molecular complexity index is 628. The molecule has 1 aliphatic heterocycles. The quantitative estimate of drug-likeness (QED) is 0.821. The molecular weight excluding hydrogens is 385 g/mol. The Kier molecular flexibility index (Phi) is 6.97. The zero-order chi connectivity index (χ0) is 17.3. The maximum atomic E-state index is 12.7. The summed E-state index contributed by atoms with van der Waals surface area (Å²) >= 11 is 12.2. The molecule has 0 radical (unpaired) electrons. The van der Waals surface area contributed by atoms with Crippen molar-refractivity contribution in [2.24, 2.45) is 11.7 Å². The van der Waals surface area contributed by atoms with Gasteiger partial charge in [0.2, 0.25) is 5.91 Å². The Morgan fingerprint density at radius 1 is 1.00 bits per heavy atom. The zero-order valence-corrected chi connectivity index (χ0v) is 16.1. The molecule has 2 amide bonds. The highest BCUT2D eigenvalue weighted by Crippen LogP contribution is 2.28. The Morgan fingerprint density at radius 2 is 1.56 bits per heavy atom. The topological polar surface area (TPSA) is 66.6 Å². The van der Waals surface area contributed by atoms with Crippen LogP contribution in [-0.4, -0.2) is 53.8 Å². The molecule has 2 aliphatic rings. The first-order chi connectivity index (χ1) is 11.5. The molecule has 1 heterocycles. The van der Waals surface area contributed by atoms with Gasteiger partial charge in [0.05, 0.1) is 15.6 Å². The van der Waals surface area contributed by atoms with Gasteiger partial charge in [-0.1, -0.05) is 29.3 Å². The van der Waals surface area contributed by atoms with Crippen molar-refractivity contribution in [3.8, 4) is 0 Å². The summed E-state index contributed by atoms with van der Waals surface area (Å²) in [6.07, 6.45) is 2.56. The summed E-state index contributed by atoms with van der Waals surface area (Å²) in [7, 11) is 0. The number of nitrogens with two attached hydrogens (primary N) is 1. The lowest BCUT2D eigenvalue weighted by atomic mass is 10.1. The summed E-state index contributed by atoms with van der Waals surface area (Å²) in [5.74, 6) is 0.0340. The Morgan fingerprint density at radius 3 is 2.08 bits per heavy atom. The third-order valence-electron chi connectivity index (χ3n) is 4.88. The van der Waals surface area contributed by atoms with Crippen molar-refractivity contribution in [1.29, 1.82) is 0 Å². The number of nitrogens with zero attached hydrogens (tertiary/aromatic N) is 2. The van der Waals surface area contributed by atoms with Gasteiger partial charge in [0.15, 0.2) is 0 Å². The summed E-state index contributed by atoms with van der Waals surface area (Å²) in [5.41, 5.74) is 6.23. The van der Waals surface area contributed by atoms with Crippen molar-refractivity contribution in [2.75, 3.05) is 26.2 Å². The minimum Gasteiger partial charge on any atom is -0.339 e. The minimum atomic E-state index is -0.180. The van der Waals surface area contributed by atoms with Crippen LogP contribution in [0.4, 0.5) is 0 Å². The van der Waals surface area contributed by atoms with Gasteiger partial charge in [0.1, 0.15) is 0 Å². The zero-order valence-electron chi connectivity index (χ0n) is 13.8. The third-order valence-corrected chi connectivity index (χ3v) is 5.51. The van der Waals surface area contributed by atoms with E-state index in [1.807, 2.05) is 4.90 Å². The average molecular weight is 407 g/mol. The Labute approximate surface area is 163 Å². The lowest BCUT2D eigenvalue weighted by Gasteiger charge is -2.36. The van der Waals surface area contributed by atoms with Crippen LogP contribution in [0.15, 0.2) is 18.2 Å². The van der Waals surface area contributed by atoms with Crippen LogP contribution in [-0.2, 0) is 4.79 Å². The largest absolute Gasteiger partial charge is 0.339 e. The molecule has 138 valence electrons. The summed E-state index contributed by atoms with van der Waals surface area (Å²) in [6.45, 7) is 2.06. The van der Waals surface area contributed by atoms with Crippen LogP contribution in [0.1, 0.15) is 29.6 Å². The number of amides is 2. The van der Waals surface area contributed by atoms with Crippen molar-refractivity contribution in [3.63, 3.8) is 0 Å². The molecular formula is C17H22Cl3N3O2. The van der Waals surface area contributed by atoms with Crippen molar-refractivity contribution in [3.05, 3.63) is 33.8 Å². The molecule has 1 aromatic carbocycles. The maximum absolute atomic E-state index is 12.7. The van der Waals surface area contributed by atoms with Gasteiger partial charge in [-0.3, -0.25) is 9.59 Å². The number of carbonyl (C=O) groups is 2. The maximum Gasteiger partial charge on any atom is 0.257 e. The molecule has 2 atom stereocenters. The van der Waals surface area contributed by atoms with Crippen molar-refractivity contribution in [2.45, 2.75) is 25.3 Å². The lowest BCUT2D eigenvalue weighted by molar-refractivity contribution is -0.136. The predicted molar refractivity (Wildman–Crippen MR) is 102 cm³/mol. The monoisotopic (exact) mass is 405 g/mol. The number of hydrogen-bond donors (Lipinski definition) is 1. The summed E-state index contributed by atoms with van der Waals surface area (Å²) in [4.78, 5) is 28.7. The van der Waals surface area contributed by atoms with E-state index < -0.39 is 0 Å². The van der Waals surface area contributed by atoms with Crippen molar-refractivity contribution in [1.82, 2.24) is 9.80 Å². The first kappa shape index (κ1) is 20.3. The molecule has 1 aromatic rings. The molecule has 1 saturated heterocycles. The van der Waals surface area contributed by atoms with Gasteiger partial charge in [0, 0.05) is 38.1 Å². The van der Waals surface area contributed by atoms with E-state index in [-0.39, 0.29) is 36.2 Å². The number of hydrogen-bond acceptors (Lipinski definition) is 3. The molecule has 8 heteroatoms. The molecule has 0 spiro atoms. The van der Waals surface area contributed by atoms with Crippen LogP contribution in [0.5, 0.6) is 0 Å². The lowest BCUT2D eigenvalue weighted by Crippen LogP contribution is -2.52. The second-order valence-electron chi connectivity index (χ2n) is 6.48. The van der Waals surface area contributed by atoms with Gasteiger partial charge in [-0.2, -0.15) is 0 Å². The first-order valence-electron chi connectivity index (χ1n) is 8.25. The van der Waals surface area contributed by atoms with Crippen LogP contribution in [0.25, 0.3) is 0 Å². The molecule has 0 aromatic heterocycles. The van der Waals surface area contributed by atoms with Gasteiger partial charge in [-0.25, -0.2) is 0 Å². The number of carbonyl (C=O) groups excluding carboxylic acids is 2. The number of benzene rings is 1. The minimum absolute atomic E-state index is 0. The molecule has 25 heavy (non-hydrogen) atoms. The molecule has 2 N–H and O–H groups in total. The van der Waals surface area contributed by atoms with Gasteiger partial charge >= 0.3 is 0 Å². The molecule has 5 nitrogen and oxygen atoms in total. The number of piperazine rings is 1. The predicted octanol–water partition coefficient (Wildman–Crippen LogP) is 2.83. The molecule has 0 bridgehead atoms. The van der Waals surface area contributed by atoms with E-state index in [0.29, 0.717) is 41.8 Å². The van der Waals surface area contributed by atoms with Crippen LogP contribution in [0.3, 0.4) is 0 Å². The summed E-state index contributed by atoms with van der Waals surface area (Å²) < 4.78 is 0. The fourth-order valence-electron chi connectivity index (χ4n) is 3.49. The highest BCUT2D eigenvalue weighted by Gasteiger charge is 2.33. The normalized spacial score (nSPS) is 23.3. The average Bonchev–Trinajstić information content (AvgIpc) is 3.00. The SMILES string of the molecule is Cl.NC1CCC(C(=O)N2CCN(C(=O)c3c(Cl)cccc3Cl)CC2)C1. The van der Waals surface area contributed by atoms with Gasteiger partial charge < -0.3 is 15.5 Å². The third kappa shape index (κ3) is 4.40. The van der Waals surface area contributed by atoms with E-state index >= 15 is 0 Å². The summed E-state index contributed by atoms with van der Waals surface area (Å²) in [6, 6.07) is 5.17. The molecule has 2 unspecified atom stereocenters. The second kappa shape index (κ2) is 8.58. The van der Waals surface area contributed by atoms with E-state index in [1.165, 1.54) is 0 Å². The van der Waals surface area contributed by atoms with Crippen LogP contribution < -0.4 is 5.73 Å². The van der Waals surface area contributed by atoms with E-state index in [4.69, 9.17) is 28.9 Å². The second-order valence-corrected chi connectivity index (χ2v) is 7.30. The molecule has 1 aliphatic carbocycles. The molecule has 2 fully saturated rings. The number of rotatable bonds is 2. The van der Waals surface area contributed by atoms with Gasteiger partial charge in [0.25, 0.3) is 5.91 Å². The fraction of sp³-hybridized carbons (Fsp3) is 0.529. The highest BCUT2D eigenvalue weighted by atomic mass is 35.5. The highest BCUT2D eigenvalue weighted by molar-refractivity contribution is 6.39. The van der Waals surface area contributed by atoms with E-state index in [2.05, 4.69) is 0 Å². The first-order valence-corrected chi connectivity index (χ1v) is 9.00. The van der Waals surface area contributed by atoms with E-state index in [0.717, 1.165) is 19.3 Å². The van der Waals surface area contributed by atoms with Crippen LogP contribution >= 0.6 is 35.6 Å². The standard InChI is InChI=1S/C17H21Cl2N3O2.ClH/c18-13-2-1-3-14(19)15(13)17(24)22-8-6-21(7-9-22)16(23)11-4-5-12(20)10-11;/h1-3,11-12H,4-10,20H2;1H. The number of halogens is 3. The van der Waals surface area contributed by atoms with Crippen molar-refractivity contribution >= 4 is 47.4 Å².